The second kappa shape index (κ2) is 13.0. The molecule has 4 rings (SSSR count). The second-order valence-corrected chi connectivity index (χ2v) is 11.4. The Bertz CT molecular complexity index is 1210. The van der Waals surface area contributed by atoms with E-state index in [4.69, 9.17) is 5.73 Å². The van der Waals surface area contributed by atoms with E-state index in [2.05, 4.69) is 15.0 Å². The van der Waals surface area contributed by atoms with Gasteiger partial charge in [-0.15, -0.1) is 0 Å². The highest BCUT2D eigenvalue weighted by atomic mass is 32.1. The lowest BCUT2D eigenvalue weighted by Gasteiger charge is -2.32. The Morgan fingerprint density at radius 2 is 1.68 bits per heavy atom. The molecule has 3 amide bonds. The number of alkyl halides is 3. The largest absolute Gasteiger partial charge is 0.416 e. The molecule has 2 aliphatic carbocycles. The van der Waals surface area contributed by atoms with E-state index < -0.39 is 35.5 Å². The first-order valence-corrected chi connectivity index (χ1v) is 14.7. The maximum absolute atomic E-state index is 14.0. The number of hydrogen-bond donors (Lipinski definition) is 3. The van der Waals surface area contributed by atoms with Crippen LogP contribution in [-0.4, -0.2) is 40.2 Å². The van der Waals surface area contributed by atoms with Crippen LogP contribution >= 0.6 is 11.5 Å². The molecule has 0 bridgehead atoms. The molecule has 1 heterocycles. The predicted octanol–water partition coefficient (Wildman–Crippen LogP) is 5.68. The van der Waals surface area contributed by atoms with Gasteiger partial charge in [-0.2, -0.15) is 17.5 Å². The highest BCUT2D eigenvalue weighted by molar-refractivity contribution is 7.09. The molecule has 0 radical (unpaired) electrons. The van der Waals surface area contributed by atoms with Crippen molar-refractivity contribution in [2.45, 2.75) is 102 Å². The molecule has 8 nitrogen and oxygen atoms in total. The van der Waals surface area contributed by atoms with Crippen LogP contribution in [0.15, 0.2) is 24.3 Å². The Morgan fingerprint density at radius 3 is 2.30 bits per heavy atom. The Kier molecular flexibility index (Phi) is 9.70. The molecule has 12 heteroatoms. The Labute approximate surface area is 236 Å². The SMILES string of the molecule is CCCC(C(=O)NC1CCCC1)N(C(=O)c1snc(C(=O)NC2CCCCC2)c1N)c1cccc(C(F)(F)F)c1. The van der Waals surface area contributed by atoms with Gasteiger partial charge in [0.15, 0.2) is 5.69 Å². The maximum Gasteiger partial charge on any atom is 0.416 e. The minimum Gasteiger partial charge on any atom is -0.395 e. The van der Waals surface area contributed by atoms with Gasteiger partial charge in [0.1, 0.15) is 10.9 Å². The van der Waals surface area contributed by atoms with E-state index in [1.54, 1.807) is 0 Å². The first-order chi connectivity index (χ1) is 19.1. The summed E-state index contributed by atoms with van der Waals surface area (Å²) in [7, 11) is 0. The van der Waals surface area contributed by atoms with Crippen LogP contribution in [0, 0.1) is 0 Å². The number of amides is 3. The van der Waals surface area contributed by atoms with E-state index in [0.717, 1.165) is 74.8 Å². The van der Waals surface area contributed by atoms with Gasteiger partial charge in [-0.1, -0.05) is 51.5 Å². The summed E-state index contributed by atoms with van der Waals surface area (Å²) in [5, 5.41) is 5.91. The summed E-state index contributed by atoms with van der Waals surface area (Å²) >= 11 is 0.707. The molecule has 4 N–H and O–H groups in total. The maximum atomic E-state index is 14.0. The molecule has 2 aromatic rings. The number of anilines is 2. The molecule has 1 unspecified atom stereocenters. The van der Waals surface area contributed by atoms with Crippen molar-refractivity contribution in [3.05, 3.63) is 40.4 Å². The number of aromatic nitrogens is 1. The van der Waals surface area contributed by atoms with Crippen LogP contribution in [0.4, 0.5) is 24.5 Å². The van der Waals surface area contributed by atoms with Gasteiger partial charge in [0, 0.05) is 17.8 Å². The van der Waals surface area contributed by atoms with Crippen molar-refractivity contribution >= 4 is 40.6 Å². The predicted molar refractivity (Wildman–Crippen MR) is 148 cm³/mol. The first-order valence-electron chi connectivity index (χ1n) is 14.0. The summed E-state index contributed by atoms with van der Waals surface area (Å²) in [6, 6.07) is 3.21. The summed E-state index contributed by atoms with van der Waals surface area (Å²) in [5.74, 6) is -1.70. The number of carbonyl (C=O) groups is 3. The lowest BCUT2D eigenvalue weighted by Crippen LogP contribution is -2.51. The monoisotopic (exact) mass is 579 g/mol. The van der Waals surface area contributed by atoms with Crippen molar-refractivity contribution in [3.63, 3.8) is 0 Å². The Morgan fingerprint density at radius 1 is 1.05 bits per heavy atom. The molecule has 2 saturated carbocycles. The molecule has 1 aromatic heterocycles. The standard InChI is InChI=1S/C28H36F3N5O3S/c1-2-9-21(25(37)33-18-13-6-7-14-18)36(20-15-8-10-17(16-20)28(29,30)31)27(39)24-22(32)23(35-40-24)26(38)34-19-11-4-3-5-12-19/h8,10,15-16,18-19,21H,2-7,9,11-14,32H2,1H3,(H,33,37)(H,34,38). The van der Waals surface area contributed by atoms with Gasteiger partial charge in [-0.3, -0.25) is 19.3 Å². The molecule has 1 aromatic carbocycles. The number of nitrogens with zero attached hydrogens (tertiary/aromatic N) is 2. The molecular formula is C28H36F3N5O3S. The minimum atomic E-state index is -4.65. The van der Waals surface area contributed by atoms with Gasteiger partial charge >= 0.3 is 6.18 Å². The second-order valence-electron chi connectivity index (χ2n) is 10.6. The smallest absolute Gasteiger partial charge is 0.395 e. The fraction of sp³-hybridized carbons (Fsp3) is 0.571. The molecular weight excluding hydrogens is 543 g/mol. The van der Waals surface area contributed by atoms with E-state index in [0.29, 0.717) is 18.0 Å². The number of nitrogens with two attached hydrogens (primary N) is 1. The number of hydrogen-bond acceptors (Lipinski definition) is 6. The van der Waals surface area contributed by atoms with E-state index >= 15 is 0 Å². The Hall–Kier alpha value is -3.15. The van der Waals surface area contributed by atoms with Crippen LogP contribution in [0.2, 0.25) is 0 Å². The van der Waals surface area contributed by atoms with E-state index in [9.17, 15) is 27.6 Å². The fourth-order valence-electron chi connectivity index (χ4n) is 5.51. The molecule has 2 aliphatic rings. The molecule has 0 saturated heterocycles. The number of halogens is 3. The van der Waals surface area contributed by atoms with Gasteiger partial charge in [0.25, 0.3) is 11.8 Å². The third kappa shape index (κ3) is 6.94. The first kappa shape index (κ1) is 29.8. The molecule has 0 spiro atoms. The highest BCUT2D eigenvalue weighted by Crippen LogP contribution is 2.35. The molecule has 1 atom stereocenters. The van der Waals surface area contributed by atoms with Crippen molar-refractivity contribution in [3.8, 4) is 0 Å². The molecule has 0 aliphatic heterocycles. The lowest BCUT2D eigenvalue weighted by molar-refractivity contribution is -0.137. The zero-order chi connectivity index (χ0) is 28.9. The number of nitrogen functional groups attached to an aromatic ring is 1. The number of nitrogens with one attached hydrogen (secondary N) is 2. The summed E-state index contributed by atoms with van der Waals surface area (Å²) in [6.07, 6.45) is 4.46. The molecule has 218 valence electrons. The zero-order valence-corrected chi connectivity index (χ0v) is 23.4. The lowest BCUT2D eigenvalue weighted by atomic mass is 9.95. The van der Waals surface area contributed by atoms with Gasteiger partial charge in [-0.25, -0.2) is 0 Å². The number of rotatable bonds is 9. The topological polar surface area (TPSA) is 117 Å². The van der Waals surface area contributed by atoms with Crippen molar-refractivity contribution in [2.75, 3.05) is 10.6 Å². The normalized spacial score (nSPS) is 17.4. The van der Waals surface area contributed by atoms with Crippen LogP contribution in [0.25, 0.3) is 0 Å². The van der Waals surface area contributed by atoms with Gasteiger partial charge in [-0.05, 0) is 61.8 Å². The summed E-state index contributed by atoms with van der Waals surface area (Å²) in [5.41, 5.74) is 5.00. The van der Waals surface area contributed by atoms with Crippen molar-refractivity contribution < 1.29 is 27.6 Å². The number of carbonyl (C=O) groups excluding carboxylic acids is 3. The van der Waals surface area contributed by atoms with Crippen LogP contribution < -0.4 is 21.3 Å². The van der Waals surface area contributed by atoms with Crippen molar-refractivity contribution in [2.24, 2.45) is 0 Å². The van der Waals surface area contributed by atoms with E-state index in [1.807, 2.05) is 6.92 Å². The molecule has 40 heavy (non-hydrogen) atoms. The van der Waals surface area contributed by atoms with Gasteiger partial charge in [0.05, 0.1) is 11.3 Å². The fourth-order valence-corrected chi connectivity index (χ4v) is 6.25. The minimum absolute atomic E-state index is 0.00340. The highest BCUT2D eigenvalue weighted by Gasteiger charge is 2.37. The third-order valence-electron chi connectivity index (χ3n) is 7.63. The van der Waals surface area contributed by atoms with E-state index in [1.165, 1.54) is 12.1 Å². The van der Waals surface area contributed by atoms with Crippen LogP contribution in [0.1, 0.15) is 103 Å². The van der Waals surface area contributed by atoms with Crippen LogP contribution in [0.5, 0.6) is 0 Å². The Balaban J connectivity index is 1.69. The van der Waals surface area contributed by atoms with Crippen LogP contribution in [-0.2, 0) is 11.0 Å². The van der Waals surface area contributed by atoms with Gasteiger partial charge < -0.3 is 16.4 Å². The van der Waals surface area contributed by atoms with Crippen molar-refractivity contribution in [1.29, 1.82) is 0 Å². The van der Waals surface area contributed by atoms with Gasteiger partial charge in [0.2, 0.25) is 5.91 Å². The van der Waals surface area contributed by atoms with E-state index in [-0.39, 0.29) is 40.5 Å². The summed E-state index contributed by atoms with van der Waals surface area (Å²) in [4.78, 5) is 41.5. The zero-order valence-electron chi connectivity index (χ0n) is 22.6. The number of benzene rings is 1. The van der Waals surface area contributed by atoms with Crippen molar-refractivity contribution in [1.82, 2.24) is 15.0 Å². The average molecular weight is 580 g/mol. The average Bonchev–Trinajstić information content (AvgIpc) is 3.58. The van der Waals surface area contributed by atoms with Crippen LogP contribution in [0.3, 0.4) is 0 Å². The molecule has 2 fully saturated rings. The summed E-state index contributed by atoms with van der Waals surface area (Å²) < 4.78 is 45.0. The summed E-state index contributed by atoms with van der Waals surface area (Å²) in [6.45, 7) is 1.83. The third-order valence-corrected chi connectivity index (χ3v) is 8.48. The quantitative estimate of drug-likeness (QED) is 0.353.